The molecule has 4 rings (SSSR count). The highest BCUT2D eigenvalue weighted by Gasteiger charge is 2.44. The second-order valence-electron chi connectivity index (χ2n) is 9.74. The van der Waals surface area contributed by atoms with Crippen molar-refractivity contribution in [3.63, 3.8) is 0 Å². The van der Waals surface area contributed by atoms with E-state index in [9.17, 15) is 25.4 Å². The maximum atomic E-state index is 12.9. The van der Waals surface area contributed by atoms with Gasteiger partial charge < -0.3 is 34.8 Å². The predicted octanol–water partition coefficient (Wildman–Crippen LogP) is 2.93. The van der Waals surface area contributed by atoms with E-state index in [1.54, 1.807) is 6.92 Å². The Kier molecular flexibility index (Phi) is 8.73. The zero-order valence-electron chi connectivity index (χ0n) is 22.7. The summed E-state index contributed by atoms with van der Waals surface area (Å²) in [6.45, 7) is 7.92. The molecule has 9 heteroatoms. The first-order valence-corrected chi connectivity index (χ1v) is 13.3. The smallest absolute Gasteiger partial charge is 0.262 e. The second kappa shape index (κ2) is 12.0. The van der Waals surface area contributed by atoms with Gasteiger partial charge in [0.25, 0.3) is 5.91 Å². The van der Waals surface area contributed by atoms with Gasteiger partial charge in [-0.3, -0.25) is 4.79 Å². The van der Waals surface area contributed by atoms with Crippen molar-refractivity contribution in [3.05, 3.63) is 59.8 Å². The molecule has 1 aliphatic rings. The molecule has 0 aliphatic carbocycles. The second-order valence-corrected chi connectivity index (χ2v) is 9.74. The molecule has 1 amide bonds. The number of aliphatic hydroxyl groups is 3. The van der Waals surface area contributed by atoms with Crippen LogP contribution in [0.3, 0.4) is 0 Å². The van der Waals surface area contributed by atoms with Crippen molar-refractivity contribution in [1.82, 2.24) is 9.88 Å². The molecular formula is C30H36N4O5. The summed E-state index contributed by atoms with van der Waals surface area (Å²) < 4.78 is 7.20. The van der Waals surface area contributed by atoms with E-state index in [0.29, 0.717) is 12.1 Å². The zero-order chi connectivity index (χ0) is 28.3. The van der Waals surface area contributed by atoms with Gasteiger partial charge in [-0.2, -0.15) is 5.26 Å². The van der Waals surface area contributed by atoms with Crippen LogP contribution in [0.2, 0.25) is 0 Å². The van der Waals surface area contributed by atoms with Gasteiger partial charge in [-0.15, -0.1) is 0 Å². The van der Waals surface area contributed by atoms with E-state index in [2.05, 4.69) is 60.5 Å². The van der Waals surface area contributed by atoms with Crippen molar-refractivity contribution in [1.29, 1.82) is 5.26 Å². The van der Waals surface area contributed by atoms with E-state index in [4.69, 9.17) is 4.74 Å². The fourth-order valence-electron chi connectivity index (χ4n) is 5.10. The number of rotatable bonds is 8. The summed E-state index contributed by atoms with van der Waals surface area (Å²) in [5.41, 5.74) is 3.51. The molecule has 9 nitrogen and oxygen atoms in total. The number of fused-ring (bicyclic) bond motifs is 1. The van der Waals surface area contributed by atoms with Crippen LogP contribution in [0.5, 0.6) is 0 Å². The van der Waals surface area contributed by atoms with Gasteiger partial charge >= 0.3 is 0 Å². The van der Waals surface area contributed by atoms with Gasteiger partial charge in [-0.1, -0.05) is 25.1 Å². The number of nitriles is 1. The van der Waals surface area contributed by atoms with Crippen molar-refractivity contribution in [2.24, 2.45) is 7.05 Å². The van der Waals surface area contributed by atoms with Crippen LogP contribution in [0.4, 0.5) is 5.69 Å². The molecule has 2 heterocycles. The SMILES string of the molecule is CC[C@H]1OC(O)[C@H](NC(=O)/C(C#N)=C/c2ccc(-c3ccc4cc(N(CC)CC)ccc4c3)n2C)[C@@H](O)[C@@H]1O. The lowest BCUT2D eigenvalue weighted by Gasteiger charge is -2.40. The van der Waals surface area contributed by atoms with Crippen LogP contribution in [-0.4, -0.2) is 69.5 Å². The molecule has 1 saturated heterocycles. The number of hydrogen-bond donors (Lipinski definition) is 4. The molecule has 3 aromatic rings. The number of hydrogen-bond acceptors (Lipinski definition) is 7. The van der Waals surface area contributed by atoms with Crippen molar-refractivity contribution in [2.75, 3.05) is 18.0 Å². The summed E-state index contributed by atoms with van der Waals surface area (Å²) in [5, 5.41) is 45.3. The quantitative estimate of drug-likeness (QED) is 0.259. The standard InChI is InChI=1S/C30H36N4O5/c1-5-25-27(35)28(36)26(30(38)39-25)32-29(37)21(17-31)16-22-12-13-24(33(22)4)20-9-8-19-15-23(34(6-2)7-3)11-10-18(19)14-20/h8-16,25-28,30,35-36,38H,5-7H2,1-4H3,(H,32,37)/b21-16+/t25-,26-,27-,28-,30?/m1/s1. The Bertz CT molecular complexity index is 1400. The van der Waals surface area contributed by atoms with Gasteiger partial charge in [-0.05, 0) is 73.0 Å². The third-order valence-electron chi connectivity index (χ3n) is 7.49. The van der Waals surface area contributed by atoms with Crippen molar-refractivity contribution < 1.29 is 24.9 Å². The topological polar surface area (TPSA) is 131 Å². The Morgan fingerprint density at radius 3 is 2.41 bits per heavy atom. The number of aromatic nitrogens is 1. The van der Waals surface area contributed by atoms with Crippen LogP contribution in [0.25, 0.3) is 28.1 Å². The first-order chi connectivity index (χ1) is 18.7. The minimum absolute atomic E-state index is 0.211. The van der Waals surface area contributed by atoms with Crippen LogP contribution in [0.15, 0.2) is 54.1 Å². The Morgan fingerprint density at radius 1 is 1.05 bits per heavy atom. The van der Waals surface area contributed by atoms with E-state index in [-0.39, 0.29) is 5.57 Å². The van der Waals surface area contributed by atoms with E-state index < -0.39 is 36.6 Å². The van der Waals surface area contributed by atoms with Crippen LogP contribution < -0.4 is 10.2 Å². The highest BCUT2D eigenvalue weighted by molar-refractivity contribution is 6.02. The number of carbonyl (C=O) groups excluding carboxylic acids is 1. The molecule has 39 heavy (non-hydrogen) atoms. The largest absolute Gasteiger partial charge is 0.388 e. The number of ether oxygens (including phenoxy) is 1. The number of carbonyl (C=O) groups is 1. The van der Waals surface area contributed by atoms with Gasteiger partial charge in [0.1, 0.15) is 29.9 Å². The molecular weight excluding hydrogens is 496 g/mol. The summed E-state index contributed by atoms with van der Waals surface area (Å²) in [7, 11) is 1.85. The summed E-state index contributed by atoms with van der Waals surface area (Å²) in [6, 6.07) is 17.0. The predicted molar refractivity (Wildman–Crippen MR) is 151 cm³/mol. The van der Waals surface area contributed by atoms with Crippen molar-refractivity contribution in [3.8, 4) is 17.3 Å². The molecule has 1 aromatic heterocycles. The molecule has 0 bridgehead atoms. The molecule has 4 N–H and O–H groups in total. The Morgan fingerprint density at radius 2 is 1.74 bits per heavy atom. The fraction of sp³-hybridized carbons (Fsp3) is 0.400. The normalized spacial score (nSPS) is 23.4. The summed E-state index contributed by atoms with van der Waals surface area (Å²) >= 11 is 0. The van der Waals surface area contributed by atoms with E-state index in [0.717, 1.165) is 35.1 Å². The summed E-state index contributed by atoms with van der Waals surface area (Å²) in [4.78, 5) is 15.2. The molecule has 1 unspecified atom stereocenters. The van der Waals surface area contributed by atoms with Crippen LogP contribution in [0.1, 0.15) is 32.9 Å². The first-order valence-electron chi connectivity index (χ1n) is 13.3. The lowest BCUT2D eigenvalue weighted by Crippen LogP contribution is -2.63. The third-order valence-corrected chi connectivity index (χ3v) is 7.49. The number of aliphatic hydroxyl groups excluding tert-OH is 3. The van der Waals surface area contributed by atoms with E-state index in [1.165, 1.54) is 11.8 Å². The van der Waals surface area contributed by atoms with Crippen LogP contribution >= 0.6 is 0 Å². The number of benzene rings is 2. The van der Waals surface area contributed by atoms with E-state index >= 15 is 0 Å². The molecule has 2 aromatic carbocycles. The monoisotopic (exact) mass is 532 g/mol. The number of nitrogens with zero attached hydrogens (tertiary/aromatic N) is 3. The number of amides is 1. The number of anilines is 1. The average molecular weight is 533 g/mol. The minimum Gasteiger partial charge on any atom is -0.388 e. The van der Waals surface area contributed by atoms with Gasteiger partial charge in [0.2, 0.25) is 0 Å². The fourth-order valence-corrected chi connectivity index (χ4v) is 5.10. The highest BCUT2D eigenvalue weighted by atomic mass is 16.6. The zero-order valence-corrected chi connectivity index (χ0v) is 22.7. The molecule has 5 atom stereocenters. The lowest BCUT2D eigenvalue weighted by molar-refractivity contribution is -0.247. The Hall–Kier alpha value is -3.68. The van der Waals surface area contributed by atoms with Crippen LogP contribution in [0, 0.1) is 11.3 Å². The molecule has 1 fully saturated rings. The number of nitrogens with one attached hydrogen (secondary N) is 1. The van der Waals surface area contributed by atoms with Crippen LogP contribution in [-0.2, 0) is 16.6 Å². The van der Waals surface area contributed by atoms with Crippen molar-refractivity contribution >= 4 is 28.4 Å². The molecule has 0 radical (unpaired) electrons. The maximum Gasteiger partial charge on any atom is 0.262 e. The highest BCUT2D eigenvalue weighted by Crippen LogP contribution is 2.29. The summed E-state index contributed by atoms with van der Waals surface area (Å²) in [6.07, 6.45) is -3.17. The minimum atomic E-state index is -1.52. The maximum absolute atomic E-state index is 12.9. The molecule has 0 saturated carbocycles. The van der Waals surface area contributed by atoms with Gasteiger partial charge in [-0.25, -0.2) is 0 Å². The third kappa shape index (κ3) is 5.70. The summed E-state index contributed by atoms with van der Waals surface area (Å²) in [5.74, 6) is -0.788. The van der Waals surface area contributed by atoms with Gasteiger partial charge in [0, 0.05) is 37.2 Å². The van der Waals surface area contributed by atoms with Crippen molar-refractivity contribution in [2.45, 2.75) is 57.8 Å². The Labute approximate surface area is 228 Å². The van der Waals surface area contributed by atoms with Gasteiger partial charge in [0.05, 0.1) is 6.10 Å². The molecule has 206 valence electrons. The molecule has 0 spiro atoms. The molecule has 1 aliphatic heterocycles. The average Bonchev–Trinajstić information content (AvgIpc) is 3.31. The van der Waals surface area contributed by atoms with E-state index in [1.807, 2.05) is 29.8 Å². The van der Waals surface area contributed by atoms with Gasteiger partial charge in [0.15, 0.2) is 6.29 Å². The lowest BCUT2D eigenvalue weighted by atomic mass is 9.95. The first kappa shape index (κ1) is 28.3. The Balaban J connectivity index is 1.56.